The molecule has 6 heteroatoms. The molecule has 94 valence electrons. The predicted octanol–water partition coefficient (Wildman–Crippen LogP) is 2.58. The van der Waals surface area contributed by atoms with Gasteiger partial charge in [-0.1, -0.05) is 13.3 Å². The Balaban J connectivity index is 2.42. The van der Waals surface area contributed by atoms with Crippen LogP contribution in [0.4, 0.5) is 5.69 Å². The second-order valence-corrected chi connectivity index (χ2v) is 4.80. The third kappa shape index (κ3) is 5.06. The Bertz CT molecular complexity index is 391. The van der Waals surface area contributed by atoms with Gasteiger partial charge in [0, 0.05) is 17.9 Å². The third-order valence-corrected chi connectivity index (χ3v) is 3.17. The molecule has 1 atom stereocenters. The number of hydrogen-bond donors (Lipinski definition) is 0. The van der Waals surface area contributed by atoms with Crippen LogP contribution in [0.25, 0.3) is 0 Å². The zero-order valence-electron chi connectivity index (χ0n) is 9.63. The molecule has 0 saturated carbocycles. The molecule has 1 rings (SSSR count). The molecule has 0 heterocycles. The third-order valence-electron chi connectivity index (χ3n) is 2.17. The number of rotatable bonds is 7. The monoisotopic (exact) mass is 257 g/mol. The van der Waals surface area contributed by atoms with E-state index >= 15 is 0 Å². The van der Waals surface area contributed by atoms with Crippen LogP contribution in [0, 0.1) is 10.1 Å². The van der Waals surface area contributed by atoms with Crippen LogP contribution in [0.2, 0.25) is 0 Å². The molecular weight excluding hydrogens is 242 g/mol. The first-order chi connectivity index (χ1) is 8.13. The summed E-state index contributed by atoms with van der Waals surface area (Å²) in [6.45, 7) is 2.24. The van der Waals surface area contributed by atoms with E-state index in [1.54, 1.807) is 12.1 Å². The van der Waals surface area contributed by atoms with Gasteiger partial charge in [-0.15, -0.1) is 0 Å². The molecule has 0 aromatic heterocycles. The molecule has 0 fully saturated rings. The molecule has 0 N–H and O–H groups in total. The number of hydrogen-bond acceptors (Lipinski definition) is 4. The highest BCUT2D eigenvalue weighted by atomic mass is 32.2. The Morgan fingerprint density at radius 1 is 1.35 bits per heavy atom. The summed E-state index contributed by atoms with van der Waals surface area (Å²) in [5.41, 5.74) is 0.821. The quantitative estimate of drug-likeness (QED) is 0.556. The normalized spacial score (nSPS) is 12.3. The molecule has 0 spiro atoms. The summed E-state index contributed by atoms with van der Waals surface area (Å²) in [5, 5.41) is 10.4. The minimum absolute atomic E-state index is 0.0425. The van der Waals surface area contributed by atoms with Gasteiger partial charge in [0.15, 0.2) is 11.1 Å². The van der Waals surface area contributed by atoms with Gasteiger partial charge < -0.3 is 0 Å². The second kappa shape index (κ2) is 7.13. The van der Waals surface area contributed by atoms with Crippen molar-refractivity contribution in [3.8, 4) is 0 Å². The molecule has 0 bridgehead atoms. The average Bonchev–Trinajstić information content (AvgIpc) is 2.34. The predicted molar refractivity (Wildman–Crippen MR) is 65.8 cm³/mol. The summed E-state index contributed by atoms with van der Waals surface area (Å²) in [7, 11) is 0. The van der Waals surface area contributed by atoms with Crippen molar-refractivity contribution in [1.82, 2.24) is 0 Å². The van der Waals surface area contributed by atoms with E-state index in [9.17, 15) is 14.3 Å². The molecule has 17 heavy (non-hydrogen) atoms. The van der Waals surface area contributed by atoms with Crippen LogP contribution in [0.1, 0.15) is 25.3 Å². The summed E-state index contributed by atoms with van der Waals surface area (Å²) < 4.78 is 16.5. The Morgan fingerprint density at radius 2 is 2.00 bits per heavy atom. The zero-order valence-corrected chi connectivity index (χ0v) is 10.4. The fourth-order valence-electron chi connectivity index (χ4n) is 1.17. The Hall–Kier alpha value is -1.27. The van der Waals surface area contributed by atoms with Crippen LogP contribution in [0.15, 0.2) is 24.3 Å². The number of nitro groups is 1. The van der Waals surface area contributed by atoms with Crippen LogP contribution >= 0.6 is 0 Å². The first-order valence-corrected chi connectivity index (χ1v) is 6.63. The number of unbranched alkanes of at least 4 members (excludes halogenated alkanes) is 1. The van der Waals surface area contributed by atoms with Gasteiger partial charge in [-0.2, -0.15) is 0 Å². The smallest absolute Gasteiger partial charge is 0.269 e. The van der Waals surface area contributed by atoms with Crippen molar-refractivity contribution in [2.24, 2.45) is 0 Å². The van der Waals surface area contributed by atoms with Gasteiger partial charge in [-0.25, -0.2) is 4.21 Å². The highest BCUT2D eigenvalue weighted by molar-refractivity contribution is 7.80. The summed E-state index contributed by atoms with van der Waals surface area (Å²) in [4.78, 5) is 9.97. The number of nitrogens with zero attached hydrogens (tertiary/aromatic N) is 1. The Labute approximate surface area is 103 Å². The van der Waals surface area contributed by atoms with Crippen molar-refractivity contribution in [2.75, 3.05) is 5.75 Å². The number of non-ortho nitro benzene ring substituents is 1. The molecule has 1 aromatic carbocycles. The van der Waals surface area contributed by atoms with Gasteiger partial charge >= 0.3 is 0 Å². The van der Waals surface area contributed by atoms with Gasteiger partial charge in [0.05, 0.1) is 11.5 Å². The summed E-state index contributed by atoms with van der Waals surface area (Å²) in [6, 6.07) is 6.03. The Morgan fingerprint density at radius 3 is 2.53 bits per heavy atom. The van der Waals surface area contributed by atoms with Crippen LogP contribution in [-0.2, 0) is 21.9 Å². The van der Waals surface area contributed by atoms with Crippen LogP contribution in [0.3, 0.4) is 0 Å². The van der Waals surface area contributed by atoms with E-state index in [1.807, 2.05) is 6.92 Å². The molecule has 0 aliphatic carbocycles. The topological polar surface area (TPSA) is 69.4 Å². The summed E-state index contributed by atoms with van der Waals surface area (Å²) in [6.07, 6.45) is 1.85. The molecule has 5 nitrogen and oxygen atoms in total. The molecule has 0 aliphatic rings. The van der Waals surface area contributed by atoms with E-state index in [4.69, 9.17) is 4.18 Å². The minimum atomic E-state index is -1.27. The average molecular weight is 257 g/mol. The van der Waals surface area contributed by atoms with Gasteiger partial charge in [0.2, 0.25) is 0 Å². The minimum Gasteiger partial charge on any atom is -0.286 e. The van der Waals surface area contributed by atoms with Crippen molar-refractivity contribution < 1.29 is 13.3 Å². The molecule has 0 radical (unpaired) electrons. The highest BCUT2D eigenvalue weighted by Gasteiger charge is 2.05. The lowest BCUT2D eigenvalue weighted by Crippen LogP contribution is -2.02. The lowest BCUT2D eigenvalue weighted by atomic mass is 10.2. The first-order valence-electron chi connectivity index (χ1n) is 5.38. The SMILES string of the molecule is CCCCS(=O)OCc1ccc([N+](=O)[O-])cc1. The summed E-state index contributed by atoms with van der Waals surface area (Å²) >= 11 is -1.27. The van der Waals surface area contributed by atoms with Crippen molar-refractivity contribution in [2.45, 2.75) is 26.4 Å². The molecular formula is C11H15NO4S. The maximum Gasteiger partial charge on any atom is 0.269 e. The maximum absolute atomic E-state index is 11.3. The van der Waals surface area contributed by atoms with E-state index in [1.165, 1.54) is 12.1 Å². The first kappa shape index (κ1) is 13.8. The van der Waals surface area contributed by atoms with Crippen LogP contribution in [-0.4, -0.2) is 14.9 Å². The lowest BCUT2D eigenvalue weighted by molar-refractivity contribution is -0.384. The van der Waals surface area contributed by atoms with Crippen LogP contribution < -0.4 is 0 Å². The van der Waals surface area contributed by atoms with Gasteiger partial charge in [-0.3, -0.25) is 14.3 Å². The van der Waals surface area contributed by atoms with Crippen molar-refractivity contribution in [3.63, 3.8) is 0 Å². The lowest BCUT2D eigenvalue weighted by Gasteiger charge is -2.02. The maximum atomic E-state index is 11.3. The van der Waals surface area contributed by atoms with Crippen molar-refractivity contribution in [1.29, 1.82) is 0 Å². The zero-order chi connectivity index (χ0) is 12.7. The number of nitro benzene ring substituents is 1. The van der Waals surface area contributed by atoms with Gasteiger partial charge in [0.1, 0.15) is 0 Å². The van der Waals surface area contributed by atoms with E-state index in [0.29, 0.717) is 5.75 Å². The van der Waals surface area contributed by atoms with Gasteiger partial charge in [0.25, 0.3) is 5.69 Å². The number of benzene rings is 1. The van der Waals surface area contributed by atoms with Crippen molar-refractivity contribution in [3.05, 3.63) is 39.9 Å². The largest absolute Gasteiger partial charge is 0.286 e. The molecule has 0 saturated heterocycles. The second-order valence-electron chi connectivity index (χ2n) is 3.55. The highest BCUT2D eigenvalue weighted by Crippen LogP contribution is 2.12. The van der Waals surface area contributed by atoms with E-state index in [-0.39, 0.29) is 12.3 Å². The molecule has 0 aliphatic heterocycles. The van der Waals surface area contributed by atoms with E-state index < -0.39 is 16.0 Å². The van der Waals surface area contributed by atoms with E-state index in [0.717, 1.165) is 18.4 Å². The molecule has 1 aromatic rings. The van der Waals surface area contributed by atoms with Crippen LogP contribution in [0.5, 0.6) is 0 Å². The molecule has 1 unspecified atom stereocenters. The standard InChI is InChI=1S/C11H15NO4S/c1-2-3-8-17(15)16-9-10-4-6-11(7-5-10)12(13)14/h4-7H,2-3,8-9H2,1H3. The van der Waals surface area contributed by atoms with Crippen molar-refractivity contribution >= 4 is 16.8 Å². The summed E-state index contributed by atoms with van der Waals surface area (Å²) in [5.74, 6) is 0.531. The van der Waals surface area contributed by atoms with Gasteiger partial charge in [-0.05, 0) is 24.1 Å². The fourth-order valence-corrected chi connectivity index (χ4v) is 2.08. The molecule has 0 amide bonds. The van der Waals surface area contributed by atoms with E-state index in [2.05, 4.69) is 0 Å². The fraction of sp³-hybridized carbons (Fsp3) is 0.455. The Kier molecular flexibility index (Phi) is 5.79.